The van der Waals surface area contributed by atoms with Crippen LogP contribution in [0.3, 0.4) is 0 Å². The van der Waals surface area contributed by atoms with E-state index < -0.39 is 5.41 Å². The number of nitrogens with one attached hydrogen (secondary N) is 2. The number of aromatic nitrogens is 1. The van der Waals surface area contributed by atoms with Gasteiger partial charge in [-0.15, -0.1) is 11.3 Å². The highest BCUT2D eigenvalue weighted by molar-refractivity contribution is 7.16. The standard InChI is InChI=1S/C15H19N3O2S/c1-20-9-15(4-6-16-7-5-15)14(19)18-11-2-3-13-12(8-11)17-10-21-13/h2-3,8,10,16H,4-7,9H2,1H3,(H,18,19). The third-order valence-corrected chi connectivity index (χ3v) is 4.86. The van der Waals surface area contributed by atoms with E-state index >= 15 is 0 Å². The summed E-state index contributed by atoms with van der Waals surface area (Å²) in [6.45, 7) is 2.16. The van der Waals surface area contributed by atoms with Crippen molar-refractivity contribution in [3.8, 4) is 0 Å². The topological polar surface area (TPSA) is 63.2 Å². The smallest absolute Gasteiger partial charge is 0.233 e. The van der Waals surface area contributed by atoms with E-state index in [1.165, 1.54) is 0 Å². The summed E-state index contributed by atoms with van der Waals surface area (Å²) in [6.07, 6.45) is 1.59. The van der Waals surface area contributed by atoms with E-state index in [1.807, 2.05) is 23.7 Å². The number of hydrogen-bond acceptors (Lipinski definition) is 5. The van der Waals surface area contributed by atoms with Gasteiger partial charge in [-0.3, -0.25) is 4.79 Å². The molecule has 1 amide bonds. The second-order valence-corrected chi connectivity index (χ2v) is 6.34. The molecular weight excluding hydrogens is 286 g/mol. The summed E-state index contributed by atoms with van der Waals surface area (Å²) in [6, 6.07) is 5.85. The van der Waals surface area contributed by atoms with Crippen molar-refractivity contribution < 1.29 is 9.53 Å². The van der Waals surface area contributed by atoms with E-state index in [-0.39, 0.29) is 5.91 Å². The van der Waals surface area contributed by atoms with Crippen LogP contribution in [0, 0.1) is 5.41 Å². The van der Waals surface area contributed by atoms with Crippen LogP contribution < -0.4 is 10.6 Å². The summed E-state index contributed by atoms with van der Waals surface area (Å²) in [5, 5.41) is 6.33. The number of fused-ring (bicyclic) bond motifs is 1. The number of ether oxygens (including phenoxy) is 1. The second kappa shape index (κ2) is 6.09. The Kier molecular flexibility index (Phi) is 4.19. The van der Waals surface area contributed by atoms with Crippen LogP contribution in [0.25, 0.3) is 10.2 Å². The summed E-state index contributed by atoms with van der Waals surface area (Å²) in [5.74, 6) is 0.0421. The Morgan fingerprint density at radius 3 is 3.05 bits per heavy atom. The van der Waals surface area contributed by atoms with Crippen LogP contribution in [-0.2, 0) is 9.53 Å². The highest BCUT2D eigenvalue weighted by Crippen LogP contribution is 2.31. The molecule has 2 heterocycles. The molecule has 1 aliphatic rings. The summed E-state index contributed by atoms with van der Waals surface area (Å²) in [7, 11) is 1.65. The monoisotopic (exact) mass is 305 g/mol. The molecule has 1 saturated heterocycles. The molecule has 1 aliphatic heterocycles. The van der Waals surface area contributed by atoms with Crippen LogP contribution in [0.5, 0.6) is 0 Å². The SMILES string of the molecule is COCC1(C(=O)Nc2ccc3scnc3c2)CCNCC1. The zero-order valence-electron chi connectivity index (χ0n) is 12.0. The molecule has 112 valence electrons. The van der Waals surface area contributed by atoms with Gasteiger partial charge in [-0.1, -0.05) is 0 Å². The molecule has 0 spiro atoms. The maximum absolute atomic E-state index is 12.7. The quantitative estimate of drug-likeness (QED) is 0.909. The number of piperidine rings is 1. The number of anilines is 1. The maximum Gasteiger partial charge on any atom is 0.233 e. The molecule has 5 nitrogen and oxygen atoms in total. The number of thiazole rings is 1. The Labute approximate surface area is 127 Å². The van der Waals surface area contributed by atoms with E-state index in [1.54, 1.807) is 18.4 Å². The van der Waals surface area contributed by atoms with Crippen LogP contribution in [-0.4, -0.2) is 37.7 Å². The number of carbonyl (C=O) groups excluding carboxylic acids is 1. The third-order valence-electron chi connectivity index (χ3n) is 4.05. The van der Waals surface area contributed by atoms with Crippen molar-refractivity contribution in [2.75, 3.05) is 32.1 Å². The molecule has 1 aromatic carbocycles. The average Bonchev–Trinajstić information content (AvgIpc) is 2.96. The highest BCUT2D eigenvalue weighted by Gasteiger charge is 2.39. The number of amides is 1. The van der Waals surface area contributed by atoms with Gasteiger partial charge in [0.25, 0.3) is 0 Å². The Morgan fingerprint density at radius 1 is 1.48 bits per heavy atom. The predicted octanol–water partition coefficient (Wildman–Crippen LogP) is 2.25. The fourth-order valence-electron chi connectivity index (χ4n) is 2.82. The molecule has 0 bridgehead atoms. The molecule has 21 heavy (non-hydrogen) atoms. The van der Waals surface area contributed by atoms with Crippen LogP contribution in [0.2, 0.25) is 0 Å². The molecule has 0 atom stereocenters. The Balaban J connectivity index is 1.79. The normalized spacial score (nSPS) is 17.8. The van der Waals surface area contributed by atoms with Crippen LogP contribution in [0.15, 0.2) is 23.7 Å². The van der Waals surface area contributed by atoms with E-state index in [0.29, 0.717) is 6.61 Å². The average molecular weight is 305 g/mol. The number of benzene rings is 1. The Morgan fingerprint density at radius 2 is 2.29 bits per heavy atom. The van der Waals surface area contributed by atoms with Gasteiger partial charge in [0.05, 0.1) is 27.7 Å². The molecular formula is C15H19N3O2S. The van der Waals surface area contributed by atoms with Crippen LogP contribution in [0.4, 0.5) is 5.69 Å². The van der Waals surface area contributed by atoms with Crippen LogP contribution in [0.1, 0.15) is 12.8 Å². The Bertz CT molecular complexity index is 629. The van der Waals surface area contributed by atoms with E-state index in [9.17, 15) is 4.79 Å². The summed E-state index contributed by atoms with van der Waals surface area (Å²) in [4.78, 5) is 17.0. The number of rotatable bonds is 4. The second-order valence-electron chi connectivity index (χ2n) is 5.45. The molecule has 0 radical (unpaired) electrons. The molecule has 1 fully saturated rings. The van der Waals surface area contributed by atoms with Gasteiger partial charge in [0.15, 0.2) is 0 Å². The van der Waals surface area contributed by atoms with Crippen molar-refractivity contribution in [3.63, 3.8) is 0 Å². The lowest BCUT2D eigenvalue weighted by Crippen LogP contribution is -2.47. The van der Waals surface area contributed by atoms with Crippen molar-refractivity contribution in [2.24, 2.45) is 5.41 Å². The molecule has 2 aromatic rings. The lowest BCUT2D eigenvalue weighted by Gasteiger charge is -2.35. The van der Waals surface area contributed by atoms with Crippen molar-refractivity contribution in [2.45, 2.75) is 12.8 Å². The van der Waals surface area contributed by atoms with Gasteiger partial charge < -0.3 is 15.4 Å². The molecule has 6 heteroatoms. The Hall–Kier alpha value is -1.50. The molecule has 0 saturated carbocycles. The number of carbonyl (C=O) groups is 1. The predicted molar refractivity (Wildman–Crippen MR) is 84.7 cm³/mol. The molecule has 1 aromatic heterocycles. The minimum Gasteiger partial charge on any atom is -0.384 e. The lowest BCUT2D eigenvalue weighted by atomic mass is 9.78. The zero-order valence-corrected chi connectivity index (χ0v) is 12.8. The first-order chi connectivity index (χ1) is 10.2. The van der Waals surface area contributed by atoms with Crippen LogP contribution >= 0.6 is 11.3 Å². The lowest BCUT2D eigenvalue weighted by molar-refractivity contribution is -0.130. The van der Waals surface area contributed by atoms with Gasteiger partial charge >= 0.3 is 0 Å². The highest BCUT2D eigenvalue weighted by atomic mass is 32.1. The summed E-state index contributed by atoms with van der Waals surface area (Å²) >= 11 is 1.60. The van der Waals surface area contributed by atoms with Crippen molar-refractivity contribution in [3.05, 3.63) is 23.7 Å². The van der Waals surface area contributed by atoms with Gasteiger partial charge in [-0.2, -0.15) is 0 Å². The maximum atomic E-state index is 12.7. The van der Waals surface area contributed by atoms with Gasteiger partial charge in [-0.25, -0.2) is 4.98 Å². The third kappa shape index (κ3) is 2.92. The largest absolute Gasteiger partial charge is 0.384 e. The van der Waals surface area contributed by atoms with Gasteiger partial charge in [-0.05, 0) is 44.1 Å². The molecule has 3 rings (SSSR count). The van der Waals surface area contributed by atoms with Gasteiger partial charge in [0, 0.05) is 12.8 Å². The van der Waals surface area contributed by atoms with E-state index in [4.69, 9.17) is 4.74 Å². The van der Waals surface area contributed by atoms with E-state index in [2.05, 4.69) is 15.6 Å². The molecule has 0 unspecified atom stereocenters. The molecule has 2 N–H and O–H groups in total. The fourth-order valence-corrected chi connectivity index (χ4v) is 3.48. The van der Waals surface area contributed by atoms with Gasteiger partial charge in [0.2, 0.25) is 5.91 Å². The summed E-state index contributed by atoms with van der Waals surface area (Å²) in [5.41, 5.74) is 3.10. The number of hydrogen-bond donors (Lipinski definition) is 2. The fraction of sp³-hybridized carbons (Fsp3) is 0.467. The first-order valence-electron chi connectivity index (χ1n) is 7.08. The minimum absolute atomic E-state index is 0.0421. The van der Waals surface area contributed by atoms with Crippen molar-refractivity contribution >= 4 is 33.1 Å². The van der Waals surface area contributed by atoms with Gasteiger partial charge in [0.1, 0.15) is 0 Å². The number of nitrogens with zero attached hydrogens (tertiary/aromatic N) is 1. The zero-order chi connectivity index (χ0) is 14.7. The first kappa shape index (κ1) is 14.4. The number of methoxy groups -OCH3 is 1. The summed E-state index contributed by atoms with van der Waals surface area (Å²) < 4.78 is 6.43. The van der Waals surface area contributed by atoms with E-state index in [0.717, 1.165) is 41.8 Å². The van der Waals surface area contributed by atoms with Crippen molar-refractivity contribution in [1.29, 1.82) is 0 Å². The molecule has 0 aliphatic carbocycles. The minimum atomic E-state index is -0.434. The van der Waals surface area contributed by atoms with Crippen molar-refractivity contribution in [1.82, 2.24) is 10.3 Å². The first-order valence-corrected chi connectivity index (χ1v) is 7.96.